The molecule has 9 heteroatoms. The molecule has 0 saturated carbocycles. The minimum Gasteiger partial charge on any atom is -0.497 e. The molecule has 1 aliphatic heterocycles. The molecular weight excluding hydrogens is 408 g/mol. The van der Waals surface area contributed by atoms with Crippen LogP contribution >= 0.6 is 22.7 Å². The average molecular weight is 429 g/mol. The van der Waals surface area contributed by atoms with Crippen molar-refractivity contribution in [2.24, 2.45) is 0 Å². The lowest BCUT2D eigenvalue weighted by Gasteiger charge is -2.25. The summed E-state index contributed by atoms with van der Waals surface area (Å²) >= 11 is 2.96. The Morgan fingerprint density at radius 3 is 2.76 bits per heavy atom. The van der Waals surface area contributed by atoms with Gasteiger partial charge in [0.15, 0.2) is 5.13 Å². The Hall–Kier alpha value is -2.75. The van der Waals surface area contributed by atoms with Crippen molar-refractivity contribution in [2.45, 2.75) is 13.0 Å². The summed E-state index contributed by atoms with van der Waals surface area (Å²) in [5, 5.41) is 10.1. The van der Waals surface area contributed by atoms with E-state index in [-0.39, 0.29) is 11.8 Å². The molecule has 2 aromatic heterocycles. The SMILES string of the molecule is COc1ccc(NC(=O)CN2CCc3nc(NC(=O)c4ccsc4)sc3C2)cc1. The van der Waals surface area contributed by atoms with E-state index in [1.807, 2.05) is 35.0 Å². The van der Waals surface area contributed by atoms with Crippen LogP contribution in [0.2, 0.25) is 0 Å². The van der Waals surface area contributed by atoms with E-state index in [1.54, 1.807) is 13.2 Å². The third-order valence-corrected chi connectivity index (χ3v) is 6.24. The summed E-state index contributed by atoms with van der Waals surface area (Å²) < 4.78 is 5.12. The van der Waals surface area contributed by atoms with Gasteiger partial charge in [-0.3, -0.25) is 19.8 Å². The minimum absolute atomic E-state index is 0.0610. The number of anilines is 2. The van der Waals surface area contributed by atoms with Crippen LogP contribution in [0.5, 0.6) is 5.75 Å². The first kappa shape index (κ1) is 19.6. The second kappa shape index (κ2) is 8.73. The molecule has 1 aliphatic rings. The summed E-state index contributed by atoms with van der Waals surface area (Å²) in [5.41, 5.74) is 2.38. The Bertz CT molecular complexity index is 999. The number of aromatic nitrogens is 1. The number of thiophene rings is 1. The molecule has 2 amide bonds. The fraction of sp³-hybridized carbons (Fsp3) is 0.250. The number of thiazole rings is 1. The van der Waals surface area contributed by atoms with Crippen LogP contribution in [-0.2, 0) is 17.8 Å². The quantitative estimate of drug-likeness (QED) is 0.628. The molecular formula is C20H20N4O3S2. The maximum atomic E-state index is 12.4. The molecule has 0 spiro atoms. The van der Waals surface area contributed by atoms with E-state index in [0.717, 1.165) is 35.0 Å². The number of nitrogens with zero attached hydrogens (tertiary/aromatic N) is 2. The fourth-order valence-corrected chi connectivity index (χ4v) is 4.76. The van der Waals surface area contributed by atoms with E-state index in [0.29, 0.717) is 23.8 Å². The molecule has 0 saturated heterocycles. The van der Waals surface area contributed by atoms with E-state index >= 15 is 0 Å². The molecule has 7 nitrogen and oxygen atoms in total. The van der Waals surface area contributed by atoms with Gasteiger partial charge in [-0.15, -0.1) is 11.3 Å². The van der Waals surface area contributed by atoms with E-state index < -0.39 is 0 Å². The fourth-order valence-electron chi connectivity index (χ4n) is 3.08. The molecule has 3 aromatic rings. The van der Waals surface area contributed by atoms with Gasteiger partial charge in [-0.1, -0.05) is 0 Å². The summed E-state index contributed by atoms with van der Waals surface area (Å²) in [6.07, 6.45) is 0.760. The molecule has 29 heavy (non-hydrogen) atoms. The summed E-state index contributed by atoms with van der Waals surface area (Å²) in [6.45, 7) is 1.71. The van der Waals surface area contributed by atoms with E-state index in [2.05, 4.69) is 20.5 Å². The highest BCUT2D eigenvalue weighted by Gasteiger charge is 2.23. The topological polar surface area (TPSA) is 83.6 Å². The van der Waals surface area contributed by atoms with Gasteiger partial charge in [0.2, 0.25) is 5.91 Å². The maximum absolute atomic E-state index is 12.4. The number of benzene rings is 1. The predicted molar refractivity (Wildman–Crippen MR) is 115 cm³/mol. The normalized spacial score (nSPS) is 13.6. The van der Waals surface area contributed by atoms with Gasteiger partial charge in [0.1, 0.15) is 5.75 Å². The monoisotopic (exact) mass is 428 g/mol. The van der Waals surface area contributed by atoms with E-state index in [9.17, 15) is 9.59 Å². The van der Waals surface area contributed by atoms with Gasteiger partial charge in [-0.2, -0.15) is 11.3 Å². The van der Waals surface area contributed by atoms with Gasteiger partial charge in [0.05, 0.1) is 24.9 Å². The van der Waals surface area contributed by atoms with Crippen LogP contribution in [-0.4, -0.2) is 41.9 Å². The smallest absolute Gasteiger partial charge is 0.258 e. The molecule has 3 heterocycles. The van der Waals surface area contributed by atoms with Crippen LogP contribution in [0.15, 0.2) is 41.1 Å². The lowest BCUT2D eigenvalue weighted by atomic mass is 10.2. The number of methoxy groups -OCH3 is 1. The Labute approximate surface area is 176 Å². The number of carbonyl (C=O) groups excluding carboxylic acids is 2. The van der Waals surface area contributed by atoms with Gasteiger partial charge in [0.25, 0.3) is 5.91 Å². The number of carbonyl (C=O) groups is 2. The van der Waals surface area contributed by atoms with Crippen LogP contribution in [0.4, 0.5) is 10.8 Å². The first-order chi connectivity index (χ1) is 14.1. The number of hydrogen-bond donors (Lipinski definition) is 2. The molecule has 0 fully saturated rings. The van der Waals surface area contributed by atoms with Crippen LogP contribution in [0.3, 0.4) is 0 Å². The lowest BCUT2D eigenvalue weighted by molar-refractivity contribution is -0.117. The van der Waals surface area contributed by atoms with Crippen molar-refractivity contribution in [2.75, 3.05) is 30.8 Å². The largest absolute Gasteiger partial charge is 0.497 e. The summed E-state index contributed by atoms with van der Waals surface area (Å²) in [6, 6.07) is 9.04. The zero-order chi connectivity index (χ0) is 20.2. The van der Waals surface area contributed by atoms with Gasteiger partial charge < -0.3 is 10.1 Å². The summed E-state index contributed by atoms with van der Waals surface area (Å²) in [4.78, 5) is 32.3. The van der Waals surface area contributed by atoms with Gasteiger partial charge in [-0.05, 0) is 35.7 Å². The van der Waals surface area contributed by atoms with Crippen molar-refractivity contribution in [1.82, 2.24) is 9.88 Å². The number of hydrogen-bond acceptors (Lipinski definition) is 7. The van der Waals surface area contributed by atoms with Crippen LogP contribution < -0.4 is 15.4 Å². The van der Waals surface area contributed by atoms with Crippen molar-refractivity contribution in [1.29, 1.82) is 0 Å². The van der Waals surface area contributed by atoms with Crippen molar-refractivity contribution < 1.29 is 14.3 Å². The van der Waals surface area contributed by atoms with Crippen LogP contribution in [0, 0.1) is 0 Å². The highest BCUT2D eigenvalue weighted by atomic mass is 32.1. The number of ether oxygens (including phenoxy) is 1. The van der Waals surface area contributed by atoms with Crippen molar-refractivity contribution >= 4 is 45.3 Å². The first-order valence-electron chi connectivity index (χ1n) is 9.09. The standard InChI is InChI=1S/C20H20N4O3S2/c1-27-15-4-2-14(3-5-15)21-18(25)11-24-8-6-16-17(10-24)29-20(22-16)23-19(26)13-7-9-28-12-13/h2-5,7,9,12H,6,8,10-11H2,1H3,(H,21,25)(H,22,23,26). The Balaban J connectivity index is 1.32. The molecule has 0 atom stereocenters. The Morgan fingerprint density at radius 1 is 1.21 bits per heavy atom. The zero-order valence-electron chi connectivity index (χ0n) is 15.8. The average Bonchev–Trinajstić information content (AvgIpc) is 3.37. The third-order valence-electron chi connectivity index (χ3n) is 4.56. The highest BCUT2D eigenvalue weighted by Crippen LogP contribution is 2.28. The Kier molecular flexibility index (Phi) is 5.89. The lowest BCUT2D eigenvalue weighted by Crippen LogP contribution is -2.36. The molecule has 150 valence electrons. The minimum atomic E-state index is -0.145. The molecule has 1 aromatic carbocycles. The van der Waals surface area contributed by atoms with Crippen molar-refractivity contribution in [3.05, 3.63) is 57.2 Å². The van der Waals surface area contributed by atoms with Gasteiger partial charge in [-0.25, -0.2) is 4.98 Å². The Morgan fingerprint density at radius 2 is 2.03 bits per heavy atom. The van der Waals surface area contributed by atoms with Crippen molar-refractivity contribution in [3.8, 4) is 5.75 Å². The molecule has 2 N–H and O–H groups in total. The zero-order valence-corrected chi connectivity index (χ0v) is 17.4. The number of amides is 2. The van der Waals surface area contributed by atoms with E-state index in [1.165, 1.54) is 22.7 Å². The van der Waals surface area contributed by atoms with Crippen LogP contribution in [0.25, 0.3) is 0 Å². The molecule has 0 radical (unpaired) electrons. The molecule has 0 aliphatic carbocycles. The highest BCUT2D eigenvalue weighted by molar-refractivity contribution is 7.16. The molecule has 4 rings (SSSR count). The van der Waals surface area contributed by atoms with Gasteiger partial charge in [0, 0.05) is 35.5 Å². The number of rotatable bonds is 6. The van der Waals surface area contributed by atoms with E-state index in [4.69, 9.17) is 4.74 Å². The van der Waals surface area contributed by atoms with Gasteiger partial charge >= 0.3 is 0 Å². The second-order valence-electron chi connectivity index (χ2n) is 6.59. The van der Waals surface area contributed by atoms with Crippen LogP contribution in [0.1, 0.15) is 20.9 Å². The third kappa shape index (κ3) is 4.81. The predicted octanol–water partition coefficient (Wildman–Crippen LogP) is 3.46. The number of nitrogens with one attached hydrogen (secondary N) is 2. The molecule has 0 unspecified atom stereocenters. The number of fused-ring (bicyclic) bond motifs is 1. The second-order valence-corrected chi connectivity index (χ2v) is 8.46. The maximum Gasteiger partial charge on any atom is 0.258 e. The summed E-state index contributed by atoms with van der Waals surface area (Å²) in [5.74, 6) is 0.542. The van der Waals surface area contributed by atoms with Crippen molar-refractivity contribution in [3.63, 3.8) is 0 Å². The first-order valence-corrected chi connectivity index (χ1v) is 10.8. The molecule has 0 bridgehead atoms. The summed E-state index contributed by atoms with van der Waals surface area (Å²) in [7, 11) is 1.61.